The Morgan fingerprint density at radius 3 is 1.11 bits per heavy atom. The lowest BCUT2D eigenvalue weighted by atomic mass is 9.75. The van der Waals surface area contributed by atoms with E-state index in [-0.39, 0.29) is 35.7 Å². The molecule has 4 rings (SSSR count). The molecule has 27 heavy (non-hydrogen) atoms. The molecular weight excluding hydrogens is 344 g/mol. The fraction of sp³-hybridized carbons (Fsp3) is 0.810. The second-order valence-electron chi connectivity index (χ2n) is 8.90. The van der Waals surface area contributed by atoms with Crippen LogP contribution in [0.15, 0.2) is 0 Å². The van der Waals surface area contributed by atoms with Gasteiger partial charge in [-0.15, -0.1) is 0 Å². The van der Waals surface area contributed by atoms with Crippen molar-refractivity contribution >= 4 is 23.6 Å². The van der Waals surface area contributed by atoms with Gasteiger partial charge >= 0.3 is 0 Å². The van der Waals surface area contributed by atoms with Crippen LogP contribution in [0.4, 0.5) is 0 Å². The van der Waals surface area contributed by atoms with Crippen LogP contribution in [0.2, 0.25) is 0 Å². The summed E-state index contributed by atoms with van der Waals surface area (Å²) in [5.74, 6) is 1.46. The number of likely N-dealkylation sites (tertiary alicyclic amines) is 2. The molecule has 0 radical (unpaired) electrons. The lowest BCUT2D eigenvalue weighted by molar-refractivity contribution is -0.143. The molecule has 6 heteroatoms. The fourth-order valence-electron chi connectivity index (χ4n) is 5.75. The van der Waals surface area contributed by atoms with E-state index in [0.29, 0.717) is 37.5 Å². The third-order valence-electron chi connectivity index (χ3n) is 7.21. The number of nitrogens with zero attached hydrogens (tertiary/aromatic N) is 2. The predicted octanol–water partition coefficient (Wildman–Crippen LogP) is 2.79. The third kappa shape index (κ3) is 3.81. The Kier molecular flexibility index (Phi) is 5.33. The summed E-state index contributed by atoms with van der Waals surface area (Å²) in [4.78, 5) is 50.8. The van der Waals surface area contributed by atoms with Crippen molar-refractivity contribution in [2.45, 2.75) is 95.6 Å². The van der Waals surface area contributed by atoms with Crippen LogP contribution in [0.5, 0.6) is 0 Å². The molecule has 2 heterocycles. The number of imide groups is 2. The standard InChI is InChI=1S/C21H30N2O4/c24-18-9-10-19(25)22(18)16-5-1-14(2-6-16)13-15-3-7-17(8-4-15)23-20(26)11-12-21(23)27/h14-17H,1-13H2. The molecule has 0 spiro atoms. The number of carbonyl (C=O) groups excluding carboxylic acids is 4. The summed E-state index contributed by atoms with van der Waals surface area (Å²) < 4.78 is 0. The molecule has 0 unspecified atom stereocenters. The van der Waals surface area contributed by atoms with Gasteiger partial charge in [-0.2, -0.15) is 0 Å². The predicted molar refractivity (Wildman–Crippen MR) is 98.3 cm³/mol. The molecule has 0 bridgehead atoms. The second-order valence-corrected chi connectivity index (χ2v) is 8.90. The Bertz CT molecular complexity index is 544. The lowest BCUT2D eigenvalue weighted by Crippen LogP contribution is -2.42. The molecule has 0 N–H and O–H groups in total. The smallest absolute Gasteiger partial charge is 0.229 e. The lowest BCUT2D eigenvalue weighted by Gasteiger charge is -2.37. The van der Waals surface area contributed by atoms with Gasteiger partial charge in [0.25, 0.3) is 0 Å². The molecule has 4 fully saturated rings. The highest BCUT2D eigenvalue weighted by molar-refractivity contribution is 6.02. The van der Waals surface area contributed by atoms with E-state index in [2.05, 4.69) is 0 Å². The first kappa shape index (κ1) is 18.6. The zero-order valence-corrected chi connectivity index (χ0v) is 16.0. The largest absolute Gasteiger partial charge is 0.280 e. The number of carbonyl (C=O) groups is 4. The van der Waals surface area contributed by atoms with Crippen molar-refractivity contribution in [3.63, 3.8) is 0 Å². The first-order valence-corrected chi connectivity index (χ1v) is 10.7. The molecule has 4 aliphatic rings. The Balaban J connectivity index is 1.21. The summed E-state index contributed by atoms with van der Waals surface area (Å²) in [5.41, 5.74) is 0. The van der Waals surface area contributed by atoms with Crippen LogP contribution in [-0.2, 0) is 19.2 Å². The maximum Gasteiger partial charge on any atom is 0.229 e. The summed E-state index contributed by atoms with van der Waals surface area (Å²) in [5, 5.41) is 0. The SMILES string of the molecule is O=C1CCC(=O)N1C1CCC(CC2CCC(N3C(=O)CCC3=O)CC2)CC1. The van der Waals surface area contributed by atoms with Crippen molar-refractivity contribution in [3.05, 3.63) is 0 Å². The van der Waals surface area contributed by atoms with Crippen LogP contribution >= 0.6 is 0 Å². The van der Waals surface area contributed by atoms with Crippen LogP contribution < -0.4 is 0 Å². The topological polar surface area (TPSA) is 74.8 Å². The van der Waals surface area contributed by atoms with Gasteiger partial charge in [-0.3, -0.25) is 29.0 Å². The van der Waals surface area contributed by atoms with E-state index in [1.54, 1.807) is 9.80 Å². The van der Waals surface area contributed by atoms with Gasteiger partial charge in [0, 0.05) is 37.8 Å². The average Bonchev–Trinajstić information content (AvgIpc) is 3.18. The number of amides is 4. The van der Waals surface area contributed by atoms with E-state index in [9.17, 15) is 19.2 Å². The maximum absolute atomic E-state index is 11.9. The monoisotopic (exact) mass is 374 g/mol. The van der Waals surface area contributed by atoms with Gasteiger partial charge in [-0.1, -0.05) is 0 Å². The van der Waals surface area contributed by atoms with Gasteiger partial charge < -0.3 is 0 Å². The van der Waals surface area contributed by atoms with Gasteiger partial charge in [0.2, 0.25) is 23.6 Å². The van der Waals surface area contributed by atoms with E-state index in [4.69, 9.17) is 0 Å². The summed E-state index contributed by atoms with van der Waals surface area (Å²) >= 11 is 0. The van der Waals surface area contributed by atoms with Gasteiger partial charge in [-0.05, 0) is 69.6 Å². The minimum absolute atomic E-state index is 0.0211. The van der Waals surface area contributed by atoms with Crippen molar-refractivity contribution < 1.29 is 19.2 Å². The van der Waals surface area contributed by atoms with Crippen molar-refractivity contribution in [1.82, 2.24) is 9.80 Å². The molecule has 4 amide bonds. The molecule has 2 aliphatic heterocycles. The van der Waals surface area contributed by atoms with E-state index in [1.807, 2.05) is 0 Å². The second kappa shape index (κ2) is 7.72. The molecule has 2 saturated carbocycles. The molecule has 148 valence electrons. The fourth-order valence-corrected chi connectivity index (χ4v) is 5.75. The number of hydrogen-bond acceptors (Lipinski definition) is 4. The molecule has 2 saturated heterocycles. The van der Waals surface area contributed by atoms with E-state index in [1.165, 1.54) is 6.42 Å². The molecule has 0 atom stereocenters. The third-order valence-corrected chi connectivity index (χ3v) is 7.21. The highest BCUT2D eigenvalue weighted by Crippen LogP contribution is 2.38. The summed E-state index contributed by atoms with van der Waals surface area (Å²) in [6.45, 7) is 0. The van der Waals surface area contributed by atoms with Crippen molar-refractivity contribution in [3.8, 4) is 0 Å². The maximum atomic E-state index is 11.9. The Labute approximate surface area is 160 Å². The van der Waals surface area contributed by atoms with Crippen molar-refractivity contribution in [2.75, 3.05) is 0 Å². The van der Waals surface area contributed by atoms with Gasteiger partial charge in [-0.25, -0.2) is 0 Å². The number of hydrogen-bond donors (Lipinski definition) is 0. The van der Waals surface area contributed by atoms with Crippen LogP contribution in [0, 0.1) is 11.8 Å². The van der Waals surface area contributed by atoms with Crippen LogP contribution in [0.25, 0.3) is 0 Å². The first-order valence-electron chi connectivity index (χ1n) is 10.7. The molecule has 2 aliphatic carbocycles. The highest BCUT2D eigenvalue weighted by Gasteiger charge is 2.39. The summed E-state index contributed by atoms with van der Waals surface area (Å²) in [6, 6.07) is 0.262. The minimum Gasteiger partial charge on any atom is -0.280 e. The van der Waals surface area contributed by atoms with Gasteiger partial charge in [0.1, 0.15) is 0 Å². The van der Waals surface area contributed by atoms with Crippen LogP contribution in [0.1, 0.15) is 83.5 Å². The Morgan fingerprint density at radius 1 is 0.519 bits per heavy atom. The summed E-state index contributed by atoms with van der Waals surface area (Å²) in [6.07, 6.45) is 11.0. The average molecular weight is 374 g/mol. The molecule has 0 aromatic carbocycles. The summed E-state index contributed by atoms with van der Waals surface area (Å²) in [7, 11) is 0. The normalized spacial score (nSPS) is 35.4. The zero-order chi connectivity index (χ0) is 19.0. The minimum atomic E-state index is 0.0211. The van der Waals surface area contributed by atoms with Gasteiger partial charge in [0.05, 0.1) is 0 Å². The van der Waals surface area contributed by atoms with Gasteiger partial charge in [0.15, 0.2) is 0 Å². The van der Waals surface area contributed by atoms with Crippen molar-refractivity contribution in [1.29, 1.82) is 0 Å². The quantitative estimate of drug-likeness (QED) is 0.709. The van der Waals surface area contributed by atoms with E-state index in [0.717, 1.165) is 51.4 Å². The highest BCUT2D eigenvalue weighted by atomic mass is 16.2. The number of rotatable bonds is 4. The van der Waals surface area contributed by atoms with Crippen LogP contribution in [0.3, 0.4) is 0 Å². The zero-order valence-electron chi connectivity index (χ0n) is 16.0. The molecular formula is C21H30N2O4. The molecule has 6 nitrogen and oxygen atoms in total. The van der Waals surface area contributed by atoms with Crippen molar-refractivity contribution in [2.24, 2.45) is 11.8 Å². The molecule has 0 aromatic rings. The Hall–Kier alpha value is -1.72. The van der Waals surface area contributed by atoms with E-state index < -0.39 is 0 Å². The van der Waals surface area contributed by atoms with Crippen LogP contribution in [-0.4, -0.2) is 45.5 Å². The molecule has 0 aromatic heterocycles. The first-order chi connectivity index (χ1) is 13.0. The van der Waals surface area contributed by atoms with E-state index >= 15 is 0 Å². The Morgan fingerprint density at radius 2 is 0.815 bits per heavy atom.